The number of nitrogens with one attached hydrogen (secondary N) is 1. The van der Waals surface area contributed by atoms with E-state index in [0.29, 0.717) is 5.41 Å². The van der Waals surface area contributed by atoms with Crippen molar-refractivity contribution in [2.45, 2.75) is 39.0 Å². The van der Waals surface area contributed by atoms with E-state index in [0.717, 1.165) is 45.2 Å². The van der Waals surface area contributed by atoms with Crippen LogP contribution in [0, 0.1) is 5.41 Å². The minimum atomic E-state index is 0.0381. The summed E-state index contributed by atoms with van der Waals surface area (Å²) in [6.45, 7) is 6.70. The number of likely N-dealkylation sites (N-methyl/N-ethyl adjacent to an activating group) is 1. The van der Waals surface area contributed by atoms with E-state index in [2.05, 4.69) is 15.2 Å². The van der Waals surface area contributed by atoms with Gasteiger partial charge in [-0.1, -0.05) is 6.42 Å². The Morgan fingerprint density at radius 3 is 2.70 bits per heavy atom. The highest BCUT2D eigenvalue weighted by Gasteiger charge is 2.43. The van der Waals surface area contributed by atoms with Gasteiger partial charge in [-0.2, -0.15) is 0 Å². The van der Waals surface area contributed by atoms with Crippen LogP contribution in [0.2, 0.25) is 0 Å². The fourth-order valence-corrected chi connectivity index (χ4v) is 3.27. The van der Waals surface area contributed by atoms with Crippen LogP contribution in [-0.2, 0) is 9.53 Å². The number of hydrogen-bond donors (Lipinski definition) is 1. The molecule has 0 aromatic heterocycles. The van der Waals surface area contributed by atoms with Crippen molar-refractivity contribution >= 4 is 11.9 Å². The van der Waals surface area contributed by atoms with Gasteiger partial charge in [0.1, 0.15) is 6.54 Å². The summed E-state index contributed by atoms with van der Waals surface area (Å²) < 4.78 is 5.38. The van der Waals surface area contributed by atoms with E-state index in [-0.39, 0.29) is 12.5 Å². The standard InChI is InChI=1S/C17H32N4O2/c1-4-23-12-6-10-18-16(19-13-15(22)20(2)3)21-11-9-17(14-21)7-5-8-17/h4-14H2,1-3H3,(H,18,19). The van der Waals surface area contributed by atoms with Crippen molar-refractivity contribution in [3.63, 3.8) is 0 Å². The molecule has 0 atom stereocenters. The van der Waals surface area contributed by atoms with Gasteiger partial charge in [0.15, 0.2) is 5.96 Å². The van der Waals surface area contributed by atoms with Crippen LogP contribution in [0.25, 0.3) is 0 Å². The van der Waals surface area contributed by atoms with Crippen LogP contribution < -0.4 is 5.32 Å². The zero-order chi connectivity index (χ0) is 16.7. The van der Waals surface area contributed by atoms with Crippen LogP contribution >= 0.6 is 0 Å². The topological polar surface area (TPSA) is 57.2 Å². The molecule has 2 aliphatic rings. The summed E-state index contributed by atoms with van der Waals surface area (Å²) in [5.41, 5.74) is 0.527. The van der Waals surface area contributed by atoms with Crippen molar-refractivity contribution in [3.05, 3.63) is 0 Å². The molecule has 0 radical (unpaired) electrons. The van der Waals surface area contributed by atoms with E-state index < -0.39 is 0 Å². The molecule has 2 fully saturated rings. The lowest BCUT2D eigenvalue weighted by Crippen LogP contribution is -2.43. The molecule has 132 valence electrons. The SMILES string of the molecule is CCOCCCNC(=NCC(=O)N(C)C)N1CCC2(CCC2)C1. The fraction of sp³-hybridized carbons (Fsp3) is 0.882. The second-order valence-electron chi connectivity index (χ2n) is 6.93. The Kier molecular flexibility index (Phi) is 6.69. The third-order valence-corrected chi connectivity index (χ3v) is 4.97. The number of carbonyl (C=O) groups is 1. The highest BCUT2D eigenvalue weighted by Crippen LogP contribution is 2.47. The summed E-state index contributed by atoms with van der Waals surface area (Å²) in [4.78, 5) is 20.3. The van der Waals surface area contributed by atoms with Crippen molar-refractivity contribution in [3.8, 4) is 0 Å². The van der Waals surface area contributed by atoms with Crippen LogP contribution in [0.5, 0.6) is 0 Å². The van der Waals surface area contributed by atoms with Gasteiger partial charge in [-0.3, -0.25) is 4.79 Å². The molecule has 1 heterocycles. The van der Waals surface area contributed by atoms with Gasteiger partial charge in [0.2, 0.25) is 5.91 Å². The van der Waals surface area contributed by atoms with Crippen molar-refractivity contribution in [2.75, 3.05) is 53.5 Å². The average molecular weight is 324 g/mol. The molecule has 2 rings (SSSR count). The van der Waals surface area contributed by atoms with Gasteiger partial charge in [-0.05, 0) is 38.0 Å². The predicted octanol–water partition coefficient (Wildman–Crippen LogP) is 1.32. The summed E-state index contributed by atoms with van der Waals surface area (Å²) in [6.07, 6.45) is 6.26. The van der Waals surface area contributed by atoms with Gasteiger partial charge in [-0.15, -0.1) is 0 Å². The Hall–Kier alpha value is -1.30. The Morgan fingerprint density at radius 1 is 1.35 bits per heavy atom. The van der Waals surface area contributed by atoms with Crippen LogP contribution in [0.1, 0.15) is 39.0 Å². The zero-order valence-electron chi connectivity index (χ0n) is 14.9. The maximum absolute atomic E-state index is 11.8. The van der Waals surface area contributed by atoms with E-state index >= 15 is 0 Å². The summed E-state index contributed by atoms with van der Waals surface area (Å²) in [5.74, 6) is 0.927. The van der Waals surface area contributed by atoms with Gasteiger partial charge >= 0.3 is 0 Å². The van der Waals surface area contributed by atoms with E-state index in [9.17, 15) is 4.79 Å². The lowest BCUT2D eigenvalue weighted by atomic mass is 9.68. The number of rotatable bonds is 7. The largest absolute Gasteiger partial charge is 0.382 e. The van der Waals surface area contributed by atoms with Crippen LogP contribution in [0.15, 0.2) is 4.99 Å². The van der Waals surface area contributed by atoms with Crippen LogP contribution in [-0.4, -0.2) is 75.2 Å². The summed E-state index contributed by atoms with van der Waals surface area (Å²) in [6, 6.07) is 0. The monoisotopic (exact) mass is 324 g/mol. The number of amides is 1. The van der Waals surface area contributed by atoms with Gasteiger partial charge in [-0.25, -0.2) is 4.99 Å². The third kappa shape index (κ3) is 5.09. The maximum atomic E-state index is 11.8. The Balaban J connectivity index is 1.88. The molecule has 1 N–H and O–H groups in total. The van der Waals surface area contributed by atoms with E-state index in [1.807, 2.05) is 6.92 Å². The second-order valence-corrected chi connectivity index (χ2v) is 6.93. The fourth-order valence-electron chi connectivity index (χ4n) is 3.27. The molecule has 0 aromatic rings. The van der Waals surface area contributed by atoms with Crippen molar-refractivity contribution in [1.29, 1.82) is 0 Å². The number of carbonyl (C=O) groups excluding carboxylic acids is 1. The van der Waals surface area contributed by atoms with Crippen molar-refractivity contribution in [2.24, 2.45) is 10.4 Å². The molecule has 6 heteroatoms. The number of likely N-dealkylation sites (tertiary alicyclic amines) is 1. The smallest absolute Gasteiger partial charge is 0.243 e. The number of ether oxygens (including phenoxy) is 1. The maximum Gasteiger partial charge on any atom is 0.243 e. The number of hydrogen-bond acceptors (Lipinski definition) is 3. The summed E-state index contributed by atoms with van der Waals surface area (Å²) >= 11 is 0. The van der Waals surface area contributed by atoms with Gasteiger partial charge in [0.05, 0.1) is 0 Å². The molecule has 0 aromatic carbocycles. The third-order valence-electron chi connectivity index (χ3n) is 4.97. The highest BCUT2D eigenvalue weighted by molar-refractivity contribution is 5.85. The molecular formula is C17H32N4O2. The summed E-state index contributed by atoms with van der Waals surface area (Å²) in [7, 11) is 3.54. The second kappa shape index (κ2) is 8.52. The highest BCUT2D eigenvalue weighted by atomic mass is 16.5. The zero-order valence-corrected chi connectivity index (χ0v) is 14.9. The number of aliphatic imine (C=N–C) groups is 1. The quantitative estimate of drug-likeness (QED) is 0.436. The molecule has 1 spiro atoms. The molecular weight excluding hydrogens is 292 g/mol. The first-order valence-electron chi connectivity index (χ1n) is 8.87. The average Bonchev–Trinajstić information content (AvgIpc) is 2.95. The van der Waals surface area contributed by atoms with Crippen LogP contribution in [0.3, 0.4) is 0 Å². The molecule has 1 saturated heterocycles. The summed E-state index contributed by atoms with van der Waals surface area (Å²) in [5, 5.41) is 3.43. The van der Waals surface area contributed by atoms with Crippen molar-refractivity contribution in [1.82, 2.24) is 15.1 Å². The van der Waals surface area contributed by atoms with Gasteiger partial charge in [0.25, 0.3) is 0 Å². The van der Waals surface area contributed by atoms with E-state index in [4.69, 9.17) is 4.74 Å². The first-order valence-corrected chi connectivity index (χ1v) is 8.87. The predicted molar refractivity (Wildman–Crippen MR) is 92.6 cm³/mol. The van der Waals surface area contributed by atoms with Gasteiger partial charge in [0, 0.05) is 46.9 Å². The minimum absolute atomic E-state index is 0.0381. The molecule has 1 aliphatic heterocycles. The molecule has 1 amide bonds. The van der Waals surface area contributed by atoms with Crippen LogP contribution in [0.4, 0.5) is 0 Å². The normalized spacial score (nSPS) is 19.8. The lowest BCUT2D eigenvalue weighted by molar-refractivity contribution is -0.127. The molecule has 0 bridgehead atoms. The van der Waals surface area contributed by atoms with E-state index in [1.54, 1.807) is 19.0 Å². The minimum Gasteiger partial charge on any atom is -0.382 e. The first-order chi connectivity index (χ1) is 11.1. The van der Waals surface area contributed by atoms with Gasteiger partial charge < -0.3 is 19.9 Å². The van der Waals surface area contributed by atoms with E-state index in [1.165, 1.54) is 25.7 Å². The molecule has 0 unspecified atom stereocenters. The molecule has 6 nitrogen and oxygen atoms in total. The lowest BCUT2D eigenvalue weighted by Gasteiger charge is -2.38. The Labute approximate surface area is 140 Å². The number of nitrogens with zero attached hydrogens (tertiary/aromatic N) is 3. The molecule has 1 aliphatic carbocycles. The number of guanidine groups is 1. The first kappa shape index (κ1) is 18.0. The molecule has 1 saturated carbocycles. The molecule has 23 heavy (non-hydrogen) atoms. The Bertz CT molecular complexity index is 419. The van der Waals surface area contributed by atoms with Crippen molar-refractivity contribution < 1.29 is 9.53 Å². The Morgan fingerprint density at radius 2 is 2.13 bits per heavy atom.